The van der Waals surface area contributed by atoms with Crippen molar-refractivity contribution in [3.8, 4) is 0 Å². The third kappa shape index (κ3) is 4.10. The highest BCUT2D eigenvalue weighted by Crippen LogP contribution is 2.40. The van der Waals surface area contributed by atoms with Crippen molar-refractivity contribution in [2.45, 2.75) is 57.3 Å². The molecule has 2 aliphatic rings. The molecule has 2 aliphatic heterocycles. The number of nitrogens with zero attached hydrogens (tertiary/aromatic N) is 1. The summed E-state index contributed by atoms with van der Waals surface area (Å²) in [4.78, 5) is 25.6. The van der Waals surface area contributed by atoms with Gasteiger partial charge in [-0.25, -0.2) is 18.4 Å². The van der Waals surface area contributed by atoms with Crippen molar-refractivity contribution in [2.24, 2.45) is 5.92 Å². The van der Waals surface area contributed by atoms with Crippen LogP contribution in [-0.4, -0.2) is 60.9 Å². The van der Waals surface area contributed by atoms with E-state index in [4.69, 9.17) is 14.2 Å². The maximum Gasteiger partial charge on any atom is 0.411 e. The molecule has 2 rings (SSSR count). The van der Waals surface area contributed by atoms with Gasteiger partial charge in [0.1, 0.15) is 5.60 Å². The second kappa shape index (κ2) is 6.22. The van der Waals surface area contributed by atoms with Crippen LogP contribution in [0, 0.1) is 5.92 Å². The average Bonchev–Trinajstić information content (AvgIpc) is 2.66. The third-order valence-corrected chi connectivity index (χ3v) is 3.95. The van der Waals surface area contributed by atoms with Gasteiger partial charge < -0.3 is 14.2 Å². The largest absolute Gasteiger partial charge is 0.467 e. The molecule has 0 aromatic heterocycles. The molecule has 0 aromatic rings. The highest BCUT2D eigenvalue weighted by Gasteiger charge is 2.54. The Hall–Kier alpha value is -1.44. The zero-order valence-electron chi connectivity index (χ0n) is 13.8. The van der Waals surface area contributed by atoms with E-state index in [-0.39, 0.29) is 19.6 Å². The number of hydrogen-bond donors (Lipinski definition) is 0. The summed E-state index contributed by atoms with van der Waals surface area (Å²) in [6, 6.07) is -1.06. The Balaban J connectivity index is 2.25. The second-order valence-corrected chi connectivity index (χ2v) is 7.01. The number of alkyl halides is 2. The van der Waals surface area contributed by atoms with E-state index < -0.39 is 48.1 Å². The zero-order valence-corrected chi connectivity index (χ0v) is 13.8. The molecule has 2 saturated heterocycles. The first kappa shape index (κ1) is 17.9. The van der Waals surface area contributed by atoms with E-state index in [0.717, 1.165) is 4.90 Å². The number of ether oxygens (including phenoxy) is 3. The number of carbonyl (C=O) groups excluding carboxylic acids is 2. The van der Waals surface area contributed by atoms with Gasteiger partial charge >= 0.3 is 12.1 Å². The fourth-order valence-corrected chi connectivity index (χ4v) is 3.03. The van der Waals surface area contributed by atoms with Gasteiger partial charge in [0, 0.05) is 25.3 Å². The monoisotopic (exact) mass is 335 g/mol. The molecule has 0 aromatic carbocycles. The van der Waals surface area contributed by atoms with E-state index in [0.29, 0.717) is 0 Å². The summed E-state index contributed by atoms with van der Waals surface area (Å²) < 4.78 is 43.0. The molecule has 23 heavy (non-hydrogen) atoms. The van der Waals surface area contributed by atoms with Crippen molar-refractivity contribution < 1.29 is 32.6 Å². The Labute approximate surface area is 134 Å². The van der Waals surface area contributed by atoms with E-state index in [2.05, 4.69) is 0 Å². The Morgan fingerprint density at radius 3 is 2.52 bits per heavy atom. The van der Waals surface area contributed by atoms with Crippen LogP contribution in [0.25, 0.3) is 0 Å². The number of rotatable bonds is 1. The molecule has 1 amide bonds. The van der Waals surface area contributed by atoms with Crippen molar-refractivity contribution in [2.75, 3.05) is 20.3 Å². The molecule has 3 atom stereocenters. The summed E-state index contributed by atoms with van der Waals surface area (Å²) in [6.45, 7) is 4.89. The van der Waals surface area contributed by atoms with Gasteiger partial charge in [0.05, 0.1) is 19.8 Å². The number of carbonyl (C=O) groups is 2. The minimum Gasteiger partial charge on any atom is -0.467 e. The topological polar surface area (TPSA) is 65.1 Å². The van der Waals surface area contributed by atoms with Crippen LogP contribution in [0.4, 0.5) is 13.6 Å². The van der Waals surface area contributed by atoms with E-state index in [1.54, 1.807) is 20.8 Å². The number of hydrogen-bond acceptors (Lipinski definition) is 5. The Bertz CT molecular complexity index is 477. The van der Waals surface area contributed by atoms with E-state index >= 15 is 0 Å². The molecule has 2 heterocycles. The number of amides is 1. The fraction of sp³-hybridized carbons (Fsp3) is 0.867. The first-order valence-corrected chi connectivity index (χ1v) is 7.61. The Morgan fingerprint density at radius 2 is 1.96 bits per heavy atom. The van der Waals surface area contributed by atoms with Gasteiger partial charge in [0.2, 0.25) is 0 Å². The quantitative estimate of drug-likeness (QED) is 0.688. The van der Waals surface area contributed by atoms with Gasteiger partial charge in [-0.3, -0.25) is 4.90 Å². The minimum atomic E-state index is -2.87. The molecule has 8 heteroatoms. The summed E-state index contributed by atoms with van der Waals surface area (Å²) in [5.74, 6) is -4.19. The van der Waals surface area contributed by atoms with E-state index in [9.17, 15) is 18.4 Å². The maximum atomic E-state index is 13.8. The lowest BCUT2D eigenvalue weighted by atomic mass is 9.95. The predicted molar refractivity (Wildman–Crippen MR) is 76.2 cm³/mol. The molecule has 0 unspecified atom stereocenters. The van der Waals surface area contributed by atoms with Crippen LogP contribution in [0.3, 0.4) is 0 Å². The summed E-state index contributed by atoms with van der Waals surface area (Å²) in [5, 5.41) is 0. The Morgan fingerprint density at radius 1 is 1.30 bits per heavy atom. The van der Waals surface area contributed by atoms with Crippen LogP contribution < -0.4 is 0 Å². The standard InChI is InChI=1S/C15H23F2NO5/c1-14(2,3)23-13(20)18-8-9-7-15(16,17)5-6-22-11(9)10(18)12(19)21-4/h9-11H,5-8H2,1-4H3/t9-,10-,11+/m0/s1. The van der Waals surface area contributed by atoms with Crippen molar-refractivity contribution in [1.82, 2.24) is 4.90 Å². The van der Waals surface area contributed by atoms with Gasteiger partial charge in [-0.05, 0) is 20.8 Å². The van der Waals surface area contributed by atoms with E-state index in [1.165, 1.54) is 7.11 Å². The molecule has 0 spiro atoms. The number of fused-ring (bicyclic) bond motifs is 1. The first-order chi connectivity index (χ1) is 10.5. The van der Waals surface area contributed by atoms with Gasteiger partial charge in [0.15, 0.2) is 6.04 Å². The number of methoxy groups -OCH3 is 1. The molecule has 132 valence electrons. The smallest absolute Gasteiger partial charge is 0.411 e. The Kier molecular flexibility index (Phi) is 4.84. The minimum absolute atomic E-state index is 0.0189. The van der Waals surface area contributed by atoms with Crippen LogP contribution in [0.5, 0.6) is 0 Å². The molecule has 0 bridgehead atoms. The van der Waals surface area contributed by atoms with Gasteiger partial charge in [0.25, 0.3) is 5.92 Å². The lowest BCUT2D eigenvalue weighted by Crippen LogP contribution is -2.48. The van der Waals surface area contributed by atoms with Crippen LogP contribution >= 0.6 is 0 Å². The highest BCUT2D eigenvalue weighted by atomic mass is 19.3. The molecular formula is C15H23F2NO5. The fourth-order valence-electron chi connectivity index (χ4n) is 3.03. The summed E-state index contributed by atoms with van der Waals surface area (Å²) >= 11 is 0. The third-order valence-electron chi connectivity index (χ3n) is 3.95. The molecule has 0 aliphatic carbocycles. The summed E-state index contributed by atoms with van der Waals surface area (Å²) in [6.07, 6.45) is -2.35. The van der Waals surface area contributed by atoms with Crippen molar-refractivity contribution in [1.29, 1.82) is 0 Å². The van der Waals surface area contributed by atoms with Crippen molar-refractivity contribution >= 4 is 12.1 Å². The lowest BCUT2D eigenvalue weighted by Gasteiger charge is -2.28. The lowest BCUT2D eigenvalue weighted by molar-refractivity contribution is -0.150. The SMILES string of the molecule is COC(=O)[C@@H]1[C@@H]2OCCC(F)(F)C[C@H]2CN1C(=O)OC(C)(C)C. The molecular weight excluding hydrogens is 312 g/mol. The zero-order chi connectivity index (χ0) is 17.4. The number of halogens is 2. The van der Waals surface area contributed by atoms with Crippen molar-refractivity contribution in [3.05, 3.63) is 0 Å². The molecule has 0 N–H and O–H groups in total. The summed E-state index contributed by atoms with van der Waals surface area (Å²) in [7, 11) is 1.19. The number of likely N-dealkylation sites (tertiary alicyclic amines) is 1. The second-order valence-electron chi connectivity index (χ2n) is 7.01. The molecule has 0 radical (unpaired) electrons. The normalized spacial score (nSPS) is 30.3. The van der Waals surface area contributed by atoms with Crippen molar-refractivity contribution in [3.63, 3.8) is 0 Å². The summed E-state index contributed by atoms with van der Waals surface area (Å²) in [5.41, 5.74) is -0.757. The van der Waals surface area contributed by atoms with E-state index in [1.807, 2.05) is 0 Å². The van der Waals surface area contributed by atoms with Gasteiger partial charge in [-0.15, -0.1) is 0 Å². The number of esters is 1. The first-order valence-electron chi connectivity index (χ1n) is 7.61. The maximum absolute atomic E-state index is 13.8. The van der Waals surface area contributed by atoms with Crippen LogP contribution in [0.2, 0.25) is 0 Å². The van der Waals surface area contributed by atoms with Gasteiger partial charge in [-0.1, -0.05) is 0 Å². The average molecular weight is 335 g/mol. The van der Waals surface area contributed by atoms with Crippen LogP contribution in [0.15, 0.2) is 0 Å². The van der Waals surface area contributed by atoms with Crippen LogP contribution in [0.1, 0.15) is 33.6 Å². The predicted octanol–water partition coefficient (Wildman–Crippen LogP) is 2.21. The molecule has 6 nitrogen and oxygen atoms in total. The van der Waals surface area contributed by atoms with Gasteiger partial charge in [-0.2, -0.15) is 0 Å². The molecule has 0 saturated carbocycles. The highest BCUT2D eigenvalue weighted by molar-refractivity contribution is 5.83. The van der Waals surface area contributed by atoms with Crippen LogP contribution in [-0.2, 0) is 19.0 Å². The molecule has 2 fully saturated rings.